The molecule has 3 nitrogen and oxygen atoms in total. The van der Waals surface area contributed by atoms with E-state index in [1.807, 2.05) is 13.0 Å². The van der Waals surface area contributed by atoms with Crippen molar-refractivity contribution in [1.82, 2.24) is 15.3 Å². The van der Waals surface area contributed by atoms with Crippen LogP contribution in [-0.4, -0.2) is 15.5 Å². The van der Waals surface area contributed by atoms with Gasteiger partial charge in [-0.3, -0.25) is 0 Å². The van der Waals surface area contributed by atoms with Gasteiger partial charge in [0.05, 0.1) is 5.69 Å². The third-order valence-electron chi connectivity index (χ3n) is 2.07. The summed E-state index contributed by atoms with van der Waals surface area (Å²) in [5, 5.41) is 3.43. The molecule has 0 aliphatic carbocycles. The first-order valence-corrected chi connectivity index (χ1v) is 5.49. The van der Waals surface area contributed by atoms with Crippen molar-refractivity contribution in [1.29, 1.82) is 0 Å². The molecule has 15 heavy (non-hydrogen) atoms. The fourth-order valence-electron chi connectivity index (χ4n) is 1.30. The average Bonchev–Trinajstić information content (AvgIpc) is 2.13. The third-order valence-corrected chi connectivity index (χ3v) is 2.07. The van der Waals surface area contributed by atoms with Crippen molar-refractivity contribution in [3.05, 3.63) is 23.3 Å². The lowest BCUT2D eigenvalue weighted by Crippen LogP contribution is -2.35. The van der Waals surface area contributed by atoms with Gasteiger partial charge in [-0.05, 0) is 33.8 Å². The molecule has 1 aromatic rings. The summed E-state index contributed by atoms with van der Waals surface area (Å²) < 4.78 is 0. The van der Waals surface area contributed by atoms with Gasteiger partial charge in [-0.1, -0.05) is 6.92 Å². The maximum Gasteiger partial charge on any atom is 0.128 e. The molecule has 0 unspecified atom stereocenters. The van der Waals surface area contributed by atoms with Crippen molar-refractivity contribution < 1.29 is 0 Å². The smallest absolute Gasteiger partial charge is 0.128 e. The molecule has 1 N–H and O–H groups in total. The SMILES string of the molecule is CCc1nc(C)cc(CNC(C)(C)C)n1. The van der Waals surface area contributed by atoms with Crippen LogP contribution in [0.3, 0.4) is 0 Å². The summed E-state index contributed by atoms with van der Waals surface area (Å²) in [4.78, 5) is 8.84. The van der Waals surface area contributed by atoms with Crippen LogP contribution >= 0.6 is 0 Å². The molecule has 0 saturated carbocycles. The summed E-state index contributed by atoms with van der Waals surface area (Å²) in [5.74, 6) is 0.931. The van der Waals surface area contributed by atoms with Gasteiger partial charge in [0.25, 0.3) is 0 Å². The van der Waals surface area contributed by atoms with E-state index in [1.54, 1.807) is 0 Å². The number of hydrogen-bond donors (Lipinski definition) is 1. The standard InChI is InChI=1S/C12H21N3/c1-6-11-14-9(2)7-10(15-11)8-13-12(3,4)5/h7,13H,6,8H2,1-5H3. The summed E-state index contributed by atoms with van der Waals surface area (Å²) in [6.45, 7) is 11.4. The normalized spacial score (nSPS) is 11.8. The fourth-order valence-corrected chi connectivity index (χ4v) is 1.30. The molecule has 0 radical (unpaired) electrons. The van der Waals surface area contributed by atoms with Gasteiger partial charge >= 0.3 is 0 Å². The predicted molar refractivity (Wildman–Crippen MR) is 62.7 cm³/mol. The molecule has 0 fully saturated rings. The summed E-state index contributed by atoms with van der Waals surface area (Å²) >= 11 is 0. The second-order valence-electron chi connectivity index (χ2n) is 4.87. The van der Waals surface area contributed by atoms with Crippen LogP contribution in [0.25, 0.3) is 0 Å². The zero-order valence-corrected chi connectivity index (χ0v) is 10.4. The highest BCUT2D eigenvalue weighted by Crippen LogP contribution is 2.04. The van der Waals surface area contributed by atoms with Gasteiger partial charge in [0, 0.05) is 24.2 Å². The average molecular weight is 207 g/mol. The molecule has 84 valence electrons. The minimum Gasteiger partial charge on any atom is -0.306 e. The van der Waals surface area contributed by atoms with Crippen LogP contribution in [-0.2, 0) is 13.0 Å². The molecule has 1 heterocycles. The Morgan fingerprint density at radius 2 is 1.93 bits per heavy atom. The van der Waals surface area contributed by atoms with Crippen LogP contribution in [0.5, 0.6) is 0 Å². The topological polar surface area (TPSA) is 37.8 Å². The maximum absolute atomic E-state index is 4.48. The highest BCUT2D eigenvalue weighted by Gasteiger charge is 2.09. The lowest BCUT2D eigenvalue weighted by Gasteiger charge is -2.20. The van der Waals surface area contributed by atoms with Gasteiger partial charge in [-0.25, -0.2) is 9.97 Å². The van der Waals surface area contributed by atoms with E-state index in [0.29, 0.717) is 0 Å². The summed E-state index contributed by atoms with van der Waals surface area (Å²) in [5.41, 5.74) is 2.26. The zero-order valence-electron chi connectivity index (χ0n) is 10.4. The molecule has 1 aromatic heterocycles. The van der Waals surface area contributed by atoms with Crippen LogP contribution in [0.4, 0.5) is 0 Å². The quantitative estimate of drug-likeness (QED) is 0.826. The van der Waals surface area contributed by atoms with Gasteiger partial charge in [-0.2, -0.15) is 0 Å². The molecular formula is C12H21N3. The van der Waals surface area contributed by atoms with E-state index >= 15 is 0 Å². The lowest BCUT2D eigenvalue weighted by molar-refractivity contribution is 0.420. The molecule has 0 bridgehead atoms. The van der Waals surface area contributed by atoms with Gasteiger partial charge in [0.15, 0.2) is 0 Å². The Labute approximate surface area is 92.3 Å². The summed E-state index contributed by atoms with van der Waals surface area (Å²) in [7, 11) is 0. The van der Waals surface area contributed by atoms with Crippen LogP contribution in [0.1, 0.15) is 44.9 Å². The second-order valence-corrected chi connectivity index (χ2v) is 4.87. The first kappa shape index (κ1) is 12.1. The third kappa shape index (κ3) is 4.38. The number of nitrogens with zero attached hydrogens (tertiary/aromatic N) is 2. The Morgan fingerprint density at radius 3 is 2.47 bits per heavy atom. The first-order chi connectivity index (χ1) is 6.90. The van der Waals surface area contributed by atoms with Crippen LogP contribution in [0, 0.1) is 6.92 Å². The maximum atomic E-state index is 4.48. The van der Waals surface area contributed by atoms with Crippen molar-refractivity contribution >= 4 is 0 Å². The number of aromatic nitrogens is 2. The van der Waals surface area contributed by atoms with Crippen LogP contribution in [0.2, 0.25) is 0 Å². The van der Waals surface area contributed by atoms with Crippen molar-refractivity contribution in [3.8, 4) is 0 Å². The van der Waals surface area contributed by atoms with E-state index in [0.717, 1.165) is 30.2 Å². The first-order valence-electron chi connectivity index (χ1n) is 5.49. The molecular weight excluding hydrogens is 186 g/mol. The predicted octanol–water partition coefficient (Wildman–Crippen LogP) is 2.24. The Morgan fingerprint density at radius 1 is 1.27 bits per heavy atom. The van der Waals surface area contributed by atoms with Crippen LogP contribution < -0.4 is 5.32 Å². The summed E-state index contributed by atoms with van der Waals surface area (Å²) in [6.07, 6.45) is 0.893. The van der Waals surface area contributed by atoms with Crippen molar-refractivity contribution in [2.45, 2.75) is 53.1 Å². The molecule has 0 spiro atoms. The van der Waals surface area contributed by atoms with Gasteiger partial charge in [0.2, 0.25) is 0 Å². The van der Waals surface area contributed by atoms with E-state index in [-0.39, 0.29) is 5.54 Å². The molecule has 3 heteroatoms. The van der Waals surface area contributed by atoms with E-state index in [2.05, 4.69) is 43.0 Å². The summed E-state index contributed by atoms with van der Waals surface area (Å²) in [6, 6.07) is 2.04. The second kappa shape index (κ2) is 4.71. The van der Waals surface area contributed by atoms with E-state index in [4.69, 9.17) is 0 Å². The largest absolute Gasteiger partial charge is 0.306 e. The Kier molecular flexibility index (Phi) is 3.80. The monoisotopic (exact) mass is 207 g/mol. The van der Waals surface area contributed by atoms with Crippen LogP contribution in [0.15, 0.2) is 6.07 Å². The minimum atomic E-state index is 0.130. The van der Waals surface area contributed by atoms with E-state index in [1.165, 1.54) is 0 Å². The molecule has 0 aliphatic heterocycles. The minimum absolute atomic E-state index is 0.130. The number of hydrogen-bond acceptors (Lipinski definition) is 3. The lowest BCUT2D eigenvalue weighted by atomic mass is 10.1. The Bertz CT molecular complexity index is 326. The number of nitrogens with one attached hydrogen (secondary N) is 1. The van der Waals surface area contributed by atoms with Crippen molar-refractivity contribution in [3.63, 3.8) is 0 Å². The zero-order chi connectivity index (χ0) is 11.5. The molecule has 0 aliphatic rings. The van der Waals surface area contributed by atoms with E-state index in [9.17, 15) is 0 Å². The highest BCUT2D eigenvalue weighted by atomic mass is 15.0. The molecule has 0 amide bonds. The van der Waals surface area contributed by atoms with Crippen molar-refractivity contribution in [2.24, 2.45) is 0 Å². The number of rotatable bonds is 3. The van der Waals surface area contributed by atoms with Gasteiger partial charge in [0.1, 0.15) is 5.82 Å². The van der Waals surface area contributed by atoms with Gasteiger partial charge in [-0.15, -0.1) is 0 Å². The molecule has 0 atom stereocenters. The number of aryl methyl sites for hydroxylation is 2. The molecule has 1 rings (SSSR count). The van der Waals surface area contributed by atoms with Gasteiger partial charge < -0.3 is 5.32 Å². The Hall–Kier alpha value is -0.960. The molecule has 0 saturated heterocycles. The fraction of sp³-hybridized carbons (Fsp3) is 0.667. The highest BCUT2D eigenvalue weighted by molar-refractivity contribution is 5.10. The van der Waals surface area contributed by atoms with Crippen molar-refractivity contribution in [2.75, 3.05) is 0 Å². The molecule has 0 aromatic carbocycles. The van der Waals surface area contributed by atoms with E-state index < -0.39 is 0 Å². The Balaban J connectivity index is 2.73.